The average Bonchev–Trinajstić information content (AvgIpc) is 3.65. The number of benzene rings is 1. The number of aryl methyl sites for hydroxylation is 1. The molecule has 4 aromatic rings. The van der Waals surface area contributed by atoms with E-state index in [0.717, 1.165) is 26.1 Å². The van der Waals surface area contributed by atoms with Crippen LogP contribution in [0.15, 0.2) is 29.2 Å². The van der Waals surface area contributed by atoms with E-state index in [1.807, 2.05) is 11.8 Å². The number of aromatic nitrogens is 4. The number of pyridine rings is 1. The third-order valence-corrected chi connectivity index (χ3v) is 9.23. The van der Waals surface area contributed by atoms with Gasteiger partial charge in [0.05, 0.1) is 28.3 Å². The molecule has 248 valence electrons. The van der Waals surface area contributed by atoms with Crippen LogP contribution in [0.4, 0.5) is 15.9 Å². The number of ether oxygens (including phenoxy) is 1. The molecule has 0 radical (unpaired) electrons. The van der Waals surface area contributed by atoms with Crippen molar-refractivity contribution in [3.05, 3.63) is 62.1 Å². The highest BCUT2D eigenvalue weighted by molar-refractivity contribution is 6.34. The summed E-state index contributed by atoms with van der Waals surface area (Å²) in [4.78, 5) is 52.2. The summed E-state index contributed by atoms with van der Waals surface area (Å²) in [6.07, 6.45) is 2.87. The third-order valence-electron chi connectivity index (χ3n) is 8.59. The number of hydrogen-bond acceptors (Lipinski definition) is 9. The highest BCUT2D eigenvalue weighted by Crippen LogP contribution is 2.37. The molecule has 1 aromatic carbocycles. The predicted octanol–water partition coefficient (Wildman–Crippen LogP) is 3.25. The van der Waals surface area contributed by atoms with Gasteiger partial charge >= 0.3 is 0 Å². The lowest BCUT2D eigenvalue weighted by atomic mass is 10.0. The predicted molar refractivity (Wildman–Crippen MR) is 176 cm³/mol. The van der Waals surface area contributed by atoms with Gasteiger partial charge in [0.2, 0.25) is 11.9 Å². The molecule has 2 aliphatic heterocycles. The van der Waals surface area contributed by atoms with Gasteiger partial charge in [0.1, 0.15) is 34.6 Å². The van der Waals surface area contributed by atoms with Gasteiger partial charge in [-0.2, -0.15) is 4.39 Å². The highest BCUT2D eigenvalue weighted by atomic mass is 35.5. The first-order valence-electron chi connectivity index (χ1n) is 15.1. The minimum Gasteiger partial charge on any atom is -0.506 e. The quantitative estimate of drug-likeness (QED) is 0.225. The van der Waals surface area contributed by atoms with Gasteiger partial charge in [0.25, 0.3) is 11.5 Å². The van der Waals surface area contributed by atoms with E-state index in [0.29, 0.717) is 48.9 Å². The van der Waals surface area contributed by atoms with Crippen LogP contribution in [-0.4, -0.2) is 86.9 Å². The molecule has 6 rings (SSSR count). The zero-order chi connectivity index (χ0) is 33.6. The Balaban J connectivity index is 1.33. The number of amides is 2. The monoisotopic (exact) mass is 686 g/mol. The largest absolute Gasteiger partial charge is 0.506 e. The van der Waals surface area contributed by atoms with Crippen molar-refractivity contribution in [2.75, 3.05) is 50.1 Å². The topological polar surface area (TPSA) is 161 Å². The van der Waals surface area contributed by atoms with Gasteiger partial charge in [-0.3, -0.25) is 23.9 Å². The van der Waals surface area contributed by atoms with Crippen LogP contribution in [0.5, 0.6) is 5.75 Å². The number of nitrogens with one attached hydrogen (secondary N) is 1. The van der Waals surface area contributed by atoms with Crippen LogP contribution in [0.2, 0.25) is 10.0 Å². The van der Waals surface area contributed by atoms with Crippen molar-refractivity contribution in [3.8, 4) is 16.9 Å². The van der Waals surface area contributed by atoms with Crippen LogP contribution < -0.4 is 21.5 Å². The minimum absolute atomic E-state index is 0.0114. The number of anilines is 2. The molecule has 0 spiro atoms. The van der Waals surface area contributed by atoms with E-state index < -0.39 is 23.5 Å². The van der Waals surface area contributed by atoms with E-state index in [1.54, 1.807) is 23.9 Å². The average molecular weight is 688 g/mol. The minimum atomic E-state index is -0.915. The van der Waals surface area contributed by atoms with Gasteiger partial charge < -0.3 is 30.4 Å². The second-order valence-electron chi connectivity index (χ2n) is 11.7. The molecule has 1 atom stereocenters. The van der Waals surface area contributed by atoms with Crippen LogP contribution in [0.3, 0.4) is 0 Å². The molecule has 13 nitrogen and oxygen atoms in total. The van der Waals surface area contributed by atoms with Gasteiger partial charge in [-0.25, -0.2) is 9.97 Å². The normalized spacial score (nSPS) is 16.5. The molecule has 47 heavy (non-hydrogen) atoms. The lowest BCUT2D eigenvalue weighted by Gasteiger charge is -2.40. The van der Waals surface area contributed by atoms with Crippen LogP contribution in [0.1, 0.15) is 29.5 Å². The molecular weight excluding hydrogens is 654 g/mol. The van der Waals surface area contributed by atoms with Crippen molar-refractivity contribution < 1.29 is 23.8 Å². The molecule has 1 unspecified atom stereocenters. The van der Waals surface area contributed by atoms with Crippen molar-refractivity contribution in [1.82, 2.24) is 24.0 Å². The molecule has 4 N–H and O–H groups in total. The number of carbonyl (C=O) groups excluding carboxylic acids is 2. The molecule has 0 bridgehead atoms. The number of nitrogens with zero attached hydrogens (tertiary/aromatic N) is 6. The number of halogens is 3. The number of aromatic hydroxyl groups is 1. The summed E-state index contributed by atoms with van der Waals surface area (Å²) in [5.74, 6) is -1.95. The second-order valence-corrected chi connectivity index (χ2v) is 12.5. The van der Waals surface area contributed by atoms with Crippen LogP contribution in [0, 0.1) is 5.95 Å². The molecule has 0 saturated carbocycles. The van der Waals surface area contributed by atoms with E-state index >= 15 is 4.39 Å². The van der Waals surface area contributed by atoms with Crippen molar-refractivity contribution in [3.63, 3.8) is 0 Å². The number of piperazine rings is 1. The Labute approximate surface area is 278 Å². The maximum atomic E-state index is 15.0. The Kier molecular flexibility index (Phi) is 9.12. The van der Waals surface area contributed by atoms with Gasteiger partial charge in [0, 0.05) is 70.1 Å². The lowest BCUT2D eigenvalue weighted by molar-refractivity contribution is -0.116. The number of rotatable bonds is 9. The van der Waals surface area contributed by atoms with E-state index in [1.165, 1.54) is 16.7 Å². The summed E-state index contributed by atoms with van der Waals surface area (Å²) < 4.78 is 23.3. The number of primary amides is 1. The Morgan fingerprint density at radius 3 is 2.70 bits per heavy atom. The number of hydrogen-bond donors (Lipinski definition) is 3. The standard InChI is InChI=1S/C31H33Cl2FN8O5/c1-16-13-39(8-9-47-2)6-7-41(16)23-12-21(26(33)28(34)37-23)36-24(43)15-40-14-19(17-10-18(29(35)45)27(44)20(32)11-17)25-30(40)38-22-4-3-5-42(22)31(25)46/h10-12,14,16,44H,3-9,13,15H2,1-2H3,(H2,35,45)(H,36,37,43). The highest BCUT2D eigenvalue weighted by Gasteiger charge is 2.28. The maximum Gasteiger partial charge on any atom is 0.263 e. The van der Waals surface area contributed by atoms with E-state index in [4.69, 9.17) is 38.7 Å². The Bertz CT molecular complexity index is 1960. The smallest absolute Gasteiger partial charge is 0.263 e. The Morgan fingerprint density at radius 1 is 1.19 bits per heavy atom. The molecular formula is C31H33Cl2FN8O5. The molecule has 2 amide bonds. The summed E-state index contributed by atoms with van der Waals surface area (Å²) in [6.45, 7) is 5.63. The van der Waals surface area contributed by atoms with Crippen molar-refractivity contribution in [2.24, 2.45) is 5.73 Å². The first-order chi connectivity index (χ1) is 22.5. The first kappa shape index (κ1) is 32.7. The zero-order valence-electron chi connectivity index (χ0n) is 25.7. The molecule has 1 fully saturated rings. The Morgan fingerprint density at radius 2 is 1.98 bits per heavy atom. The van der Waals surface area contributed by atoms with Crippen LogP contribution >= 0.6 is 23.2 Å². The molecule has 2 aliphatic rings. The van der Waals surface area contributed by atoms with Crippen molar-refractivity contribution in [2.45, 2.75) is 38.9 Å². The molecule has 16 heteroatoms. The van der Waals surface area contributed by atoms with E-state index in [2.05, 4.69) is 15.2 Å². The van der Waals surface area contributed by atoms with Crippen LogP contribution in [-0.2, 0) is 29.0 Å². The third kappa shape index (κ3) is 6.25. The molecule has 3 aromatic heterocycles. The maximum absolute atomic E-state index is 15.0. The summed E-state index contributed by atoms with van der Waals surface area (Å²) in [5.41, 5.74) is 5.87. The van der Waals surface area contributed by atoms with Gasteiger partial charge in [-0.1, -0.05) is 23.2 Å². The fourth-order valence-corrected chi connectivity index (χ4v) is 6.64. The van der Waals surface area contributed by atoms with Crippen molar-refractivity contribution >= 4 is 57.6 Å². The fraction of sp³-hybridized carbons (Fsp3) is 0.387. The number of methoxy groups -OCH3 is 1. The Hall–Kier alpha value is -4.24. The van der Waals surface area contributed by atoms with Crippen molar-refractivity contribution in [1.29, 1.82) is 0 Å². The molecule has 0 aliphatic carbocycles. The number of carbonyl (C=O) groups is 2. The summed E-state index contributed by atoms with van der Waals surface area (Å²) in [7, 11) is 1.66. The number of phenols is 1. The zero-order valence-corrected chi connectivity index (χ0v) is 27.2. The lowest BCUT2D eigenvalue weighted by Crippen LogP contribution is -2.53. The SMILES string of the molecule is COCCN1CCN(c2cc(NC(=O)Cn3cc(-c4cc(Cl)c(O)c(C(N)=O)c4)c4c(=O)n5c(nc43)CCC5)c(Cl)c(F)n2)C(C)C1. The summed E-state index contributed by atoms with van der Waals surface area (Å²) >= 11 is 12.5. The van der Waals surface area contributed by atoms with E-state index in [-0.39, 0.29) is 50.5 Å². The van der Waals surface area contributed by atoms with Crippen LogP contribution in [0.25, 0.3) is 22.2 Å². The van der Waals surface area contributed by atoms with Gasteiger partial charge in [0.15, 0.2) is 0 Å². The van der Waals surface area contributed by atoms with Gasteiger partial charge in [-0.15, -0.1) is 0 Å². The first-order valence-corrected chi connectivity index (χ1v) is 15.8. The molecule has 1 saturated heterocycles. The summed E-state index contributed by atoms with van der Waals surface area (Å²) in [5, 5.41) is 12.7. The summed E-state index contributed by atoms with van der Waals surface area (Å²) in [6, 6.07) is 4.29. The number of fused-ring (bicyclic) bond motifs is 2. The second kappa shape index (κ2) is 13.1. The fourth-order valence-electron chi connectivity index (χ4n) is 6.27. The van der Waals surface area contributed by atoms with Gasteiger partial charge in [-0.05, 0) is 31.0 Å². The number of nitrogens with two attached hydrogens (primary N) is 1. The molecule has 5 heterocycles. The van der Waals surface area contributed by atoms with E-state index in [9.17, 15) is 19.5 Å².